The van der Waals surface area contributed by atoms with Crippen LogP contribution in [0.4, 0.5) is 5.69 Å². The van der Waals surface area contributed by atoms with Crippen molar-refractivity contribution in [3.05, 3.63) is 57.1 Å². The molecule has 7 heteroatoms. The number of rotatable bonds is 4. The SMILES string of the molecule is COc1ccc(-c2ccc(C(=O)O)c([N+](=O)[O-])c2)cc1Cl. The van der Waals surface area contributed by atoms with Gasteiger partial charge in [0.2, 0.25) is 0 Å². The number of hydrogen-bond acceptors (Lipinski definition) is 4. The topological polar surface area (TPSA) is 89.7 Å². The smallest absolute Gasteiger partial charge is 0.342 e. The maximum Gasteiger partial charge on any atom is 0.342 e. The normalized spacial score (nSPS) is 10.2. The Hall–Kier alpha value is -2.60. The van der Waals surface area contributed by atoms with Crippen LogP contribution in [0.2, 0.25) is 5.02 Å². The van der Waals surface area contributed by atoms with Gasteiger partial charge in [-0.1, -0.05) is 23.7 Å². The van der Waals surface area contributed by atoms with E-state index in [9.17, 15) is 14.9 Å². The van der Waals surface area contributed by atoms with Crippen molar-refractivity contribution in [3.8, 4) is 16.9 Å². The van der Waals surface area contributed by atoms with Crippen molar-refractivity contribution in [2.24, 2.45) is 0 Å². The summed E-state index contributed by atoms with van der Waals surface area (Å²) in [4.78, 5) is 21.2. The zero-order chi connectivity index (χ0) is 15.6. The van der Waals surface area contributed by atoms with E-state index in [-0.39, 0.29) is 5.56 Å². The van der Waals surface area contributed by atoms with Crippen molar-refractivity contribution in [3.63, 3.8) is 0 Å². The van der Waals surface area contributed by atoms with Gasteiger partial charge >= 0.3 is 5.97 Å². The van der Waals surface area contributed by atoms with E-state index in [1.807, 2.05) is 0 Å². The molecule has 0 aromatic heterocycles. The Labute approximate surface area is 124 Å². The van der Waals surface area contributed by atoms with Crippen LogP contribution in [-0.2, 0) is 0 Å². The van der Waals surface area contributed by atoms with E-state index < -0.39 is 16.6 Å². The molecule has 2 aromatic rings. The molecular weight excluding hydrogens is 298 g/mol. The molecule has 0 heterocycles. The number of carboxylic acid groups (broad SMARTS) is 1. The molecule has 0 aliphatic heterocycles. The molecule has 0 saturated heterocycles. The molecule has 1 N–H and O–H groups in total. The molecule has 108 valence electrons. The minimum atomic E-state index is -1.35. The molecule has 0 unspecified atom stereocenters. The quantitative estimate of drug-likeness (QED) is 0.688. The summed E-state index contributed by atoms with van der Waals surface area (Å²) in [5.41, 5.74) is 0.299. The van der Waals surface area contributed by atoms with Gasteiger partial charge in [0, 0.05) is 6.07 Å². The molecule has 0 radical (unpaired) electrons. The fourth-order valence-corrected chi connectivity index (χ4v) is 2.15. The Morgan fingerprint density at radius 2 is 1.86 bits per heavy atom. The largest absolute Gasteiger partial charge is 0.495 e. The number of ether oxygens (including phenoxy) is 1. The molecule has 0 atom stereocenters. The van der Waals surface area contributed by atoms with Gasteiger partial charge in [-0.3, -0.25) is 10.1 Å². The van der Waals surface area contributed by atoms with Gasteiger partial charge in [-0.05, 0) is 29.3 Å². The van der Waals surface area contributed by atoms with Gasteiger partial charge < -0.3 is 9.84 Å². The van der Waals surface area contributed by atoms with Gasteiger partial charge in [-0.25, -0.2) is 4.79 Å². The van der Waals surface area contributed by atoms with Crippen LogP contribution in [0.25, 0.3) is 11.1 Å². The van der Waals surface area contributed by atoms with Crippen LogP contribution < -0.4 is 4.74 Å². The van der Waals surface area contributed by atoms with Gasteiger partial charge in [0.15, 0.2) is 0 Å². The lowest BCUT2D eigenvalue weighted by Crippen LogP contribution is -2.02. The number of carbonyl (C=O) groups is 1. The number of hydrogen-bond donors (Lipinski definition) is 1. The summed E-state index contributed by atoms with van der Waals surface area (Å²) in [6.07, 6.45) is 0. The minimum Gasteiger partial charge on any atom is -0.495 e. The Balaban J connectivity index is 2.55. The van der Waals surface area contributed by atoms with Crippen LogP contribution >= 0.6 is 11.6 Å². The van der Waals surface area contributed by atoms with Crippen LogP contribution in [0.3, 0.4) is 0 Å². The molecule has 0 saturated carbocycles. The van der Waals surface area contributed by atoms with Crippen LogP contribution in [-0.4, -0.2) is 23.1 Å². The Kier molecular flexibility index (Phi) is 4.09. The summed E-state index contributed by atoms with van der Waals surface area (Å²) in [6.45, 7) is 0. The molecular formula is C14H10ClNO5. The van der Waals surface area contributed by atoms with Crippen molar-refractivity contribution >= 4 is 23.3 Å². The van der Waals surface area contributed by atoms with Crippen molar-refractivity contribution in [2.75, 3.05) is 7.11 Å². The van der Waals surface area contributed by atoms with Gasteiger partial charge in [-0.15, -0.1) is 0 Å². The van der Waals surface area contributed by atoms with E-state index in [4.69, 9.17) is 21.4 Å². The van der Waals surface area contributed by atoms with E-state index in [1.54, 1.807) is 18.2 Å². The molecule has 0 aliphatic carbocycles. The lowest BCUT2D eigenvalue weighted by atomic mass is 10.0. The van der Waals surface area contributed by atoms with E-state index >= 15 is 0 Å². The number of aromatic carboxylic acids is 1. The molecule has 0 aliphatic rings. The van der Waals surface area contributed by atoms with Crippen molar-refractivity contribution in [1.29, 1.82) is 0 Å². The highest BCUT2D eigenvalue weighted by Crippen LogP contribution is 2.32. The maximum atomic E-state index is 11.0. The molecule has 2 rings (SSSR count). The summed E-state index contributed by atoms with van der Waals surface area (Å²) in [6, 6.07) is 8.82. The van der Waals surface area contributed by atoms with Gasteiger partial charge in [0.1, 0.15) is 11.3 Å². The number of nitro groups is 1. The number of nitrogens with zero attached hydrogens (tertiary/aromatic N) is 1. The van der Waals surface area contributed by atoms with Crippen LogP contribution in [0.15, 0.2) is 36.4 Å². The number of halogens is 1. The average molecular weight is 308 g/mol. The number of carboxylic acids is 1. The fourth-order valence-electron chi connectivity index (χ4n) is 1.89. The van der Waals surface area contributed by atoms with Gasteiger partial charge in [0.05, 0.1) is 17.1 Å². The summed E-state index contributed by atoms with van der Waals surface area (Å²) < 4.78 is 5.03. The van der Waals surface area contributed by atoms with Gasteiger partial charge in [-0.2, -0.15) is 0 Å². The zero-order valence-electron chi connectivity index (χ0n) is 10.9. The first-order valence-corrected chi connectivity index (χ1v) is 6.17. The van der Waals surface area contributed by atoms with E-state index in [2.05, 4.69) is 0 Å². The lowest BCUT2D eigenvalue weighted by molar-refractivity contribution is -0.385. The summed E-state index contributed by atoms with van der Waals surface area (Å²) >= 11 is 6.01. The first kappa shape index (κ1) is 14.8. The third-order valence-corrected chi connectivity index (χ3v) is 3.21. The molecule has 0 amide bonds. The maximum absolute atomic E-state index is 11.0. The third-order valence-electron chi connectivity index (χ3n) is 2.91. The molecule has 2 aromatic carbocycles. The van der Waals surface area contributed by atoms with Crippen molar-refractivity contribution < 1.29 is 19.6 Å². The van der Waals surface area contributed by atoms with Crippen LogP contribution in [0, 0.1) is 10.1 Å². The zero-order valence-corrected chi connectivity index (χ0v) is 11.6. The first-order chi connectivity index (χ1) is 9.93. The second-order valence-electron chi connectivity index (χ2n) is 4.14. The molecule has 0 fully saturated rings. The predicted octanol–water partition coefficient (Wildman–Crippen LogP) is 3.62. The minimum absolute atomic E-state index is 0.358. The second-order valence-corrected chi connectivity index (χ2v) is 4.55. The summed E-state index contributed by atoms with van der Waals surface area (Å²) in [5, 5.41) is 20.3. The monoisotopic (exact) mass is 307 g/mol. The van der Waals surface area contributed by atoms with Crippen LogP contribution in [0.1, 0.15) is 10.4 Å². The molecule has 6 nitrogen and oxygen atoms in total. The lowest BCUT2D eigenvalue weighted by Gasteiger charge is -2.07. The van der Waals surface area contributed by atoms with Crippen molar-refractivity contribution in [2.45, 2.75) is 0 Å². The summed E-state index contributed by atoms with van der Waals surface area (Å²) in [5.74, 6) is -0.863. The Morgan fingerprint density at radius 1 is 1.24 bits per heavy atom. The Bertz CT molecular complexity index is 729. The average Bonchev–Trinajstić information content (AvgIpc) is 2.46. The van der Waals surface area contributed by atoms with E-state index in [0.29, 0.717) is 21.9 Å². The standard InChI is InChI=1S/C14H10ClNO5/c1-21-13-5-3-8(6-11(13)15)9-2-4-10(14(17)18)12(7-9)16(19)20/h2-7H,1H3,(H,17,18). The predicted molar refractivity (Wildman–Crippen MR) is 77.1 cm³/mol. The number of nitro benzene ring substituents is 1. The highest BCUT2D eigenvalue weighted by atomic mass is 35.5. The number of benzene rings is 2. The fraction of sp³-hybridized carbons (Fsp3) is 0.0714. The molecule has 0 bridgehead atoms. The summed E-state index contributed by atoms with van der Waals surface area (Å²) in [7, 11) is 1.48. The van der Waals surface area contributed by atoms with E-state index in [1.165, 1.54) is 25.3 Å². The molecule has 0 spiro atoms. The molecule has 21 heavy (non-hydrogen) atoms. The highest BCUT2D eigenvalue weighted by Gasteiger charge is 2.20. The third kappa shape index (κ3) is 2.95. The second kappa shape index (κ2) is 5.80. The van der Waals surface area contributed by atoms with Crippen LogP contribution in [0.5, 0.6) is 5.75 Å². The highest BCUT2D eigenvalue weighted by molar-refractivity contribution is 6.32. The van der Waals surface area contributed by atoms with Gasteiger partial charge in [0.25, 0.3) is 5.69 Å². The first-order valence-electron chi connectivity index (χ1n) is 5.79. The van der Waals surface area contributed by atoms with Crippen molar-refractivity contribution in [1.82, 2.24) is 0 Å². The van der Waals surface area contributed by atoms with E-state index in [0.717, 1.165) is 0 Å². The Morgan fingerprint density at radius 3 is 2.38 bits per heavy atom. The number of methoxy groups -OCH3 is 1.